The maximum Gasteiger partial charge on any atom is 0.333 e. The average molecular weight is 269 g/mol. The van der Waals surface area contributed by atoms with Gasteiger partial charge in [0.2, 0.25) is 5.82 Å². The SMILES string of the molecule is Cc1nn(C)c(N2CCN(CCO)CC2)c1[N+](=O)[O-]. The van der Waals surface area contributed by atoms with Gasteiger partial charge in [-0.2, -0.15) is 5.10 Å². The molecule has 0 radical (unpaired) electrons. The van der Waals surface area contributed by atoms with Crippen molar-refractivity contribution >= 4 is 11.5 Å². The van der Waals surface area contributed by atoms with Gasteiger partial charge in [0.15, 0.2) is 0 Å². The second kappa shape index (κ2) is 5.54. The van der Waals surface area contributed by atoms with Gasteiger partial charge in [0, 0.05) is 39.8 Å². The maximum absolute atomic E-state index is 11.1. The lowest BCUT2D eigenvalue weighted by Gasteiger charge is -2.34. The van der Waals surface area contributed by atoms with Crippen LogP contribution in [0.15, 0.2) is 0 Å². The molecule has 19 heavy (non-hydrogen) atoms. The summed E-state index contributed by atoms with van der Waals surface area (Å²) < 4.78 is 1.58. The first kappa shape index (κ1) is 13.8. The summed E-state index contributed by atoms with van der Waals surface area (Å²) >= 11 is 0. The van der Waals surface area contributed by atoms with Crippen LogP contribution in [0.25, 0.3) is 0 Å². The number of aliphatic hydroxyl groups is 1. The first-order valence-corrected chi connectivity index (χ1v) is 6.30. The lowest BCUT2D eigenvalue weighted by Crippen LogP contribution is -2.47. The molecule has 0 unspecified atom stereocenters. The molecule has 1 aromatic heterocycles. The number of hydrogen-bond acceptors (Lipinski definition) is 6. The van der Waals surface area contributed by atoms with Crippen molar-refractivity contribution in [2.24, 2.45) is 7.05 Å². The van der Waals surface area contributed by atoms with Crippen molar-refractivity contribution in [3.8, 4) is 0 Å². The largest absolute Gasteiger partial charge is 0.395 e. The van der Waals surface area contributed by atoms with Crippen LogP contribution in [0.3, 0.4) is 0 Å². The number of rotatable bonds is 4. The lowest BCUT2D eigenvalue weighted by atomic mass is 10.3. The normalized spacial score (nSPS) is 16.9. The number of hydrogen-bond donors (Lipinski definition) is 1. The average Bonchev–Trinajstić information content (AvgIpc) is 2.66. The standard InChI is InChI=1S/C11H19N5O3/c1-9-10(16(18)19)11(13(2)12-9)15-5-3-14(4-6-15)7-8-17/h17H,3-8H2,1-2H3. The van der Waals surface area contributed by atoms with Crippen LogP contribution < -0.4 is 4.90 Å². The molecule has 0 aliphatic carbocycles. The fourth-order valence-electron chi connectivity index (χ4n) is 2.53. The number of anilines is 1. The Morgan fingerprint density at radius 2 is 2.00 bits per heavy atom. The molecule has 8 heteroatoms. The minimum absolute atomic E-state index is 0.0955. The van der Waals surface area contributed by atoms with Crippen molar-refractivity contribution in [3.63, 3.8) is 0 Å². The highest BCUT2D eigenvalue weighted by Crippen LogP contribution is 2.31. The second-order valence-corrected chi connectivity index (χ2v) is 4.69. The van der Waals surface area contributed by atoms with E-state index < -0.39 is 0 Å². The van der Waals surface area contributed by atoms with Gasteiger partial charge in [-0.25, -0.2) is 4.68 Å². The molecule has 0 saturated carbocycles. The van der Waals surface area contributed by atoms with Gasteiger partial charge in [-0.1, -0.05) is 0 Å². The zero-order valence-corrected chi connectivity index (χ0v) is 11.2. The zero-order chi connectivity index (χ0) is 14.0. The summed E-state index contributed by atoms with van der Waals surface area (Å²) in [7, 11) is 1.73. The summed E-state index contributed by atoms with van der Waals surface area (Å²) in [5.74, 6) is 0.575. The predicted octanol–water partition coefficient (Wildman–Crippen LogP) is -0.249. The van der Waals surface area contributed by atoms with E-state index in [1.807, 2.05) is 4.90 Å². The number of nitrogens with zero attached hydrogens (tertiary/aromatic N) is 5. The van der Waals surface area contributed by atoms with E-state index in [0.717, 1.165) is 13.1 Å². The van der Waals surface area contributed by atoms with E-state index in [0.29, 0.717) is 31.1 Å². The summed E-state index contributed by atoms with van der Waals surface area (Å²) in [6.45, 7) is 5.46. The molecular formula is C11H19N5O3. The van der Waals surface area contributed by atoms with E-state index in [9.17, 15) is 10.1 Å². The second-order valence-electron chi connectivity index (χ2n) is 4.69. The Balaban J connectivity index is 2.17. The first-order valence-electron chi connectivity index (χ1n) is 6.30. The molecule has 0 aromatic carbocycles. The number of aromatic nitrogens is 2. The summed E-state index contributed by atoms with van der Waals surface area (Å²) in [4.78, 5) is 14.9. The van der Waals surface area contributed by atoms with Crippen molar-refractivity contribution in [3.05, 3.63) is 15.8 Å². The van der Waals surface area contributed by atoms with Crippen molar-refractivity contribution < 1.29 is 10.0 Å². The Hall–Kier alpha value is -1.67. The summed E-state index contributed by atoms with van der Waals surface area (Å²) in [5, 5.41) is 24.2. The molecule has 1 N–H and O–H groups in total. The van der Waals surface area contributed by atoms with Crippen LogP contribution >= 0.6 is 0 Å². The van der Waals surface area contributed by atoms with Crippen molar-refractivity contribution in [2.45, 2.75) is 6.92 Å². The third-order valence-electron chi connectivity index (χ3n) is 3.43. The smallest absolute Gasteiger partial charge is 0.333 e. The molecule has 1 saturated heterocycles. The lowest BCUT2D eigenvalue weighted by molar-refractivity contribution is -0.384. The topological polar surface area (TPSA) is 87.7 Å². The van der Waals surface area contributed by atoms with Gasteiger partial charge in [-0.15, -0.1) is 0 Å². The third kappa shape index (κ3) is 2.69. The Bertz CT molecular complexity index is 465. The quantitative estimate of drug-likeness (QED) is 0.599. The van der Waals surface area contributed by atoms with Gasteiger partial charge in [0.25, 0.3) is 0 Å². The monoisotopic (exact) mass is 269 g/mol. The highest BCUT2D eigenvalue weighted by atomic mass is 16.6. The Morgan fingerprint density at radius 1 is 1.37 bits per heavy atom. The predicted molar refractivity (Wildman–Crippen MR) is 70.3 cm³/mol. The van der Waals surface area contributed by atoms with E-state index in [-0.39, 0.29) is 17.2 Å². The van der Waals surface area contributed by atoms with Crippen LogP contribution in [0.5, 0.6) is 0 Å². The molecule has 0 spiro atoms. The molecule has 2 rings (SSSR count). The zero-order valence-electron chi connectivity index (χ0n) is 11.2. The number of piperazine rings is 1. The van der Waals surface area contributed by atoms with Crippen LogP contribution in [-0.2, 0) is 7.05 Å². The first-order chi connectivity index (χ1) is 9.04. The van der Waals surface area contributed by atoms with E-state index in [2.05, 4.69) is 10.00 Å². The summed E-state index contributed by atoms with van der Waals surface area (Å²) in [6, 6.07) is 0. The van der Waals surface area contributed by atoms with Crippen LogP contribution in [0.4, 0.5) is 11.5 Å². The highest BCUT2D eigenvalue weighted by molar-refractivity contribution is 5.61. The number of β-amino-alcohol motifs (C(OH)–C–C–N with tert-alkyl or cyclic N) is 1. The van der Waals surface area contributed by atoms with Gasteiger partial charge < -0.3 is 10.0 Å². The van der Waals surface area contributed by atoms with Crippen LogP contribution in [-0.4, -0.2) is 64.0 Å². The Morgan fingerprint density at radius 3 is 2.53 bits per heavy atom. The molecule has 0 amide bonds. The maximum atomic E-state index is 11.1. The fourth-order valence-corrected chi connectivity index (χ4v) is 2.53. The van der Waals surface area contributed by atoms with Crippen molar-refractivity contribution in [1.82, 2.24) is 14.7 Å². The molecule has 1 aliphatic rings. The highest BCUT2D eigenvalue weighted by Gasteiger charge is 2.30. The Kier molecular flexibility index (Phi) is 4.01. The molecule has 8 nitrogen and oxygen atoms in total. The van der Waals surface area contributed by atoms with Crippen LogP contribution in [0, 0.1) is 17.0 Å². The minimum Gasteiger partial charge on any atom is -0.395 e. The molecule has 0 atom stereocenters. The molecule has 1 aromatic rings. The Labute approximate surface area is 111 Å². The van der Waals surface area contributed by atoms with Crippen molar-refractivity contribution in [1.29, 1.82) is 0 Å². The van der Waals surface area contributed by atoms with E-state index in [4.69, 9.17) is 5.11 Å². The molecule has 106 valence electrons. The molecule has 2 heterocycles. The van der Waals surface area contributed by atoms with Crippen LogP contribution in [0.1, 0.15) is 5.69 Å². The van der Waals surface area contributed by atoms with Gasteiger partial charge >= 0.3 is 5.69 Å². The summed E-state index contributed by atoms with van der Waals surface area (Å²) in [5.41, 5.74) is 0.540. The third-order valence-corrected chi connectivity index (χ3v) is 3.43. The molecular weight excluding hydrogens is 250 g/mol. The van der Waals surface area contributed by atoms with E-state index in [1.54, 1.807) is 18.7 Å². The van der Waals surface area contributed by atoms with E-state index >= 15 is 0 Å². The molecule has 1 fully saturated rings. The van der Waals surface area contributed by atoms with Gasteiger partial charge in [0.1, 0.15) is 5.69 Å². The number of aryl methyl sites for hydroxylation is 2. The molecule has 1 aliphatic heterocycles. The van der Waals surface area contributed by atoms with Gasteiger partial charge in [-0.05, 0) is 6.92 Å². The number of nitro groups is 1. The fraction of sp³-hybridized carbons (Fsp3) is 0.727. The van der Waals surface area contributed by atoms with Gasteiger partial charge in [0.05, 0.1) is 11.5 Å². The van der Waals surface area contributed by atoms with Crippen molar-refractivity contribution in [2.75, 3.05) is 44.2 Å². The molecule has 0 bridgehead atoms. The van der Waals surface area contributed by atoms with Gasteiger partial charge in [-0.3, -0.25) is 15.0 Å². The number of aliphatic hydroxyl groups excluding tert-OH is 1. The van der Waals surface area contributed by atoms with Crippen LogP contribution in [0.2, 0.25) is 0 Å². The van der Waals surface area contributed by atoms with E-state index in [1.165, 1.54) is 0 Å². The minimum atomic E-state index is -0.363. The summed E-state index contributed by atoms with van der Waals surface area (Å²) in [6.07, 6.45) is 0.